The minimum Gasteiger partial charge on any atom is -0.508 e. The Morgan fingerprint density at radius 3 is 2.58 bits per heavy atom. The number of aromatic nitrogens is 2. The van der Waals surface area contributed by atoms with Crippen LogP contribution in [-0.2, 0) is 31.0 Å². The van der Waals surface area contributed by atoms with Crippen molar-refractivity contribution in [3.8, 4) is 22.1 Å². The molecule has 2 aromatic carbocycles. The third kappa shape index (κ3) is 5.14. The van der Waals surface area contributed by atoms with Crippen LogP contribution in [0.25, 0.3) is 20.7 Å². The number of carboxylic acid groups (broad SMARTS) is 1. The third-order valence-corrected chi connectivity index (χ3v) is 13.4. The van der Waals surface area contributed by atoms with Crippen molar-refractivity contribution in [2.75, 3.05) is 18.6 Å². The molecule has 4 aromatic rings. The molecule has 0 bridgehead atoms. The van der Waals surface area contributed by atoms with E-state index in [-0.39, 0.29) is 49.8 Å². The summed E-state index contributed by atoms with van der Waals surface area (Å²) in [5, 5.41) is 26.0. The minimum absolute atomic E-state index is 0.00426. The van der Waals surface area contributed by atoms with Crippen molar-refractivity contribution in [1.82, 2.24) is 14.7 Å². The SMILES string of the molecule is COc1cc(O)ccc1C1C2=CCC3C(=O)N(CCCC(=O)O)C(=O)C3C2CC2C(=O)N(c3cc(-c4sc5ccc(Cl)cc5c4C)nn3C)C(=O)C21C. The van der Waals surface area contributed by atoms with Crippen molar-refractivity contribution in [2.45, 2.75) is 45.4 Å². The molecule has 6 atom stereocenters. The van der Waals surface area contributed by atoms with E-state index in [1.807, 2.05) is 31.2 Å². The Kier molecular flexibility index (Phi) is 8.30. The number of hydrogen-bond acceptors (Lipinski definition) is 9. The number of allylic oxidation sites excluding steroid dienone is 2. The van der Waals surface area contributed by atoms with Crippen LogP contribution < -0.4 is 9.64 Å². The monoisotopic (exact) mass is 756 g/mol. The first-order valence-electron chi connectivity index (χ1n) is 17.5. The molecule has 2 aliphatic heterocycles. The number of imide groups is 2. The molecule has 14 heteroatoms. The number of anilines is 1. The summed E-state index contributed by atoms with van der Waals surface area (Å²) < 4.78 is 8.32. The van der Waals surface area contributed by atoms with Crippen molar-refractivity contribution in [3.63, 3.8) is 0 Å². The average Bonchev–Trinajstić information content (AvgIpc) is 3.79. The molecule has 0 spiro atoms. The van der Waals surface area contributed by atoms with Gasteiger partial charge < -0.3 is 14.9 Å². The average molecular weight is 757 g/mol. The smallest absolute Gasteiger partial charge is 0.303 e. The fraction of sp³-hybridized carbons (Fsp3) is 0.385. The molecule has 1 saturated carbocycles. The number of nitrogens with zero attached hydrogens (tertiary/aromatic N) is 4. The first kappa shape index (κ1) is 35.0. The van der Waals surface area contributed by atoms with E-state index in [1.54, 1.807) is 37.4 Å². The highest BCUT2D eigenvalue weighted by atomic mass is 35.5. The van der Waals surface area contributed by atoms with Crippen LogP contribution >= 0.6 is 22.9 Å². The molecule has 2 aromatic heterocycles. The van der Waals surface area contributed by atoms with Crippen LogP contribution in [0.2, 0.25) is 5.02 Å². The second-order valence-corrected chi connectivity index (χ2v) is 16.1. The van der Waals surface area contributed by atoms with Crippen LogP contribution in [0.5, 0.6) is 11.5 Å². The third-order valence-electron chi connectivity index (χ3n) is 11.9. The number of aromatic hydroxyl groups is 1. The summed E-state index contributed by atoms with van der Waals surface area (Å²) in [7, 11) is 3.16. The highest BCUT2D eigenvalue weighted by Gasteiger charge is 2.68. The van der Waals surface area contributed by atoms with Crippen LogP contribution in [0.15, 0.2) is 54.1 Å². The van der Waals surface area contributed by atoms with Crippen molar-refractivity contribution in [1.29, 1.82) is 0 Å². The predicted octanol–water partition coefficient (Wildman–Crippen LogP) is 6.07. The Hall–Kier alpha value is -5.01. The van der Waals surface area contributed by atoms with E-state index in [1.165, 1.54) is 33.7 Å². The van der Waals surface area contributed by atoms with Gasteiger partial charge in [0.15, 0.2) is 0 Å². The molecule has 6 unspecified atom stereocenters. The number of thiophene rings is 1. The number of halogens is 1. The first-order valence-corrected chi connectivity index (χ1v) is 18.7. The van der Waals surface area contributed by atoms with Gasteiger partial charge in [-0.05, 0) is 74.2 Å². The van der Waals surface area contributed by atoms with E-state index < -0.39 is 52.8 Å². The number of phenolic OH excluding ortho intramolecular Hbond substituents is 1. The maximum absolute atomic E-state index is 15.1. The van der Waals surface area contributed by atoms with Crippen molar-refractivity contribution in [2.24, 2.45) is 36.1 Å². The maximum atomic E-state index is 15.1. The number of carbonyl (C=O) groups is 5. The fourth-order valence-corrected chi connectivity index (χ4v) is 10.7. The molecule has 53 heavy (non-hydrogen) atoms. The number of carbonyl (C=O) groups excluding carboxylic acids is 4. The Morgan fingerprint density at radius 1 is 1.08 bits per heavy atom. The lowest BCUT2D eigenvalue weighted by Gasteiger charge is -2.49. The molecule has 274 valence electrons. The number of benzene rings is 2. The number of likely N-dealkylation sites (tertiary alicyclic amines) is 1. The van der Waals surface area contributed by atoms with Gasteiger partial charge in [-0.2, -0.15) is 5.10 Å². The van der Waals surface area contributed by atoms with Gasteiger partial charge in [0.25, 0.3) is 0 Å². The molecule has 12 nitrogen and oxygen atoms in total. The quantitative estimate of drug-likeness (QED) is 0.161. The summed E-state index contributed by atoms with van der Waals surface area (Å²) in [6, 6.07) is 12.1. The summed E-state index contributed by atoms with van der Waals surface area (Å²) >= 11 is 7.84. The van der Waals surface area contributed by atoms with Gasteiger partial charge in [0.1, 0.15) is 23.0 Å². The summed E-state index contributed by atoms with van der Waals surface area (Å²) in [5.74, 6) is -5.60. The van der Waals surface area contributed by atoms with Crippen LogP contribution in [0, 0.1) is 36.0 Å². The van der Waals surface area contributed by atoms with E-state index in [0.717, 1.165) is 26.1 Å². The number of phenols is 1. The molecule has 2 saturated heterocycles. The van der Waals surface area contributed by atoms with Gasteiger partial charge in [0.05, 0.1) is 35.2 Å². The van der Waals surface area contributed by atoms with Crippen molar-refractivity contribution >= 4 is 68.4 Å². The summed E-state index contributed by atoms with van der Waals surface area (Å²) in [5.41, 5.74) is 1.60. The molecular weight excluding hydrogens is 720 g/mol. The van der Waals surface area contributed by atoms with Gasteiger partial charge in [0.2, 0.25) is 23.6 Å². The Morgan fingerprint density at radius 2 is 1.85 bits per heavy atom. The number of carboxylic acids is 1. The van der Waals surface area contributed by atoms with Crippen LogP contribution in [0.1, 0.15) is 49.7 Å². The first-order chi connectivity index (χ1) is 25.3. The Balaban J connectivity index is 1.23. The molecule has 2 N–H and O–H groups in total. The fourth-order valence-electron chi connectivity index (χ4n) is 9.41. The zero-order chi connectivity index (χ0) is 37.7. The number of aliphatic carboxylic acids is 1. The maximum Gasteiger partial charge on any atom is 0.303 e. The van der Waals surface area contributed by atoms with Crippen molar-refractivity contribution < 1.29 is 38.9 Å². The number of fused-ring (bicyclic) bond motifs is 5. The van der Waals surface area contributed by atoms with E-state index in [9.17, 15) is 29.4 Å². The molecule has 3 fully saturated rings. The van der Waals surface area contributed by atoms with Crippen molar-refractivity contribution in [3.05, 3.63) is 70.3 Å². The summed E-state index contributed by atoms with van der Waals surface area (Å²) in [6.07, 6.45) is 2.31. The molecule has 2 aliphatic carbocycles. The van der Waals surface area contributed by atoms with E-state index in [2.05, 4.69) is 0 Å². The van der Waals surface area contributed by atoms with Crippen LogP contribution in [0.3, 0.4) is 0 Å². The van der Waals surface area contributed by atoms with Crippen LogP contribution in [0.4, 0.5) is 5.82 Å². The lowest BCUT2D eigenvalue weighted by Crippen LogP contribution is -2.49. The number of ether oxygens (including phenoxy) is 1. The zero-order valence-corrected chi connectivity index (χ0v) is 31.0. The Bertz CT molecular complexity index is 2310. The van der Waals surface area contributed by atoms with Gasteiger partial charge in [-0.3, -0.25) is 33.6 Å². The van der Waals surface area contributed by atoms with Gasteiger partial charge in [-0.25, -0.2) is 4.90 Å². The number of aryl methyl sites for hydroxylation is 2. The highest BCUT2D eigenvalue weighted by Crippen LogP contribution is 2.64. The van der Waals surface area contributed by atoms with E-state index in [0.29, 0.717) is 27.8 Å². The lowest BCUT2D eigenvalue weighted by molar-refractivity contribution is -0.142. The summed E-state index contributed by atoms with van der Waals surface area (Å²) in [4.78, 5) is 72.1. The van der Waals surface area contributed by atoms with Gasteiger partial charge >= 0.3 is 5.97 Å². The van der Waals surface area contributed by atoms with Crippen LogP contribution in [-0.4, -0.2) is 68.1 Å². The standard InChI is InChI=1S/C39H37ClN4O8S/c1-18-24-14-19(40)7-12-29(24)53-34(18)27-17-30(42(3)41-27)44-36(49)26-16-25-21(10-11-23-32(25)37(50)43(35(23)48)13-5-6-31(46)47)33(39(26,2)38(44)51)22-9-8-20(45)15-28(22)52-4/h7-10,12,14-15,17,23,25-26,32-33,45H,5-6,11,13,16H2,1-4H3,(H,46,47). The van der Waals surface area contributed by atoms with E-state index in [4.69, 9.17) is 21.4 Å². The van der Waals surface area contributed by atoms with E-state index >= 15 is 4.79 Å². The second-order valence-electron chi connectivity index (χ2n) is 14.6. The van der Waals surface area contributed by atoms with Gasteiger partial charge in [-0.15, -0.1) is 11.3 Å². The summed E-state index contributed by atoms with van der Waals surface area (Å²) in [6.45, 7) is 3.77. The minimum atomic E-state index is -1.34. The topological polar surface area (TPSA) is 159 Å². The number of hydrogen-bond donors (Lipinski definition) is 2. The number of rotatable bonds is 8. The molecule has 4 heterocycles. The largest absolute Gasteiger partial charge is 0.508 e. The molecule has 4 amide bonds. The molecule has 4 aliphatic rings. The zero-order valence-electron chi connectivity index (χ0n) is 29.5. The Labute approximate surface area is 313 Å². The predicted molar refractivity (Wildman–Crippen MR) is 197 cm³/mol. The molecular formula is C39H37ClN4O8S. The lowest BCUT2D eigenvalue weighted by atomic mass is 9.51. The molecule has 0 radical (unpaired) electrons. The second kappa shape index (κ2) is 12.6. The normalized spacial score (nSPS) is 26.6. The molecule has 8 rings (SSSR count). The highest BCUT2D eigenvalue weighted by molar-refractivity contribution is 7.22. The van der Waals surface area contributed by atoms with Gasteiger partial charge in [0, 0.05) is 53.3 Å². The van der Waals surface area contributed by atoms with Gasteiger partial charge in [-0.1, -0.05) is 29.3 Å². The number of methoxy groups -OCH3 is 1. The number of amides is 4.